The van der Waals surface area contributed by atoms with Gasteiger partial charge < -0.3 is 15.8 Å². The Morgan fingerprint density at radius 3 is 2.54 bits per heavy atom. The summed E-state index contributed by atoms with van der Waals surface area (Å²) in [6.07, 6.45) is 0. The molecule has 0 aliphatic heterocycles. The van der Waals surface area contributed by atoms with Crippen molar-refractivity contribution in [3.8, 4) is 17.1 Å². The maximum Gasteiger partial charge on any atom is 0.232 e. The lowest BCUT2D eigenvalue weighted by molar-refractivity contribution is 0.414. The highest BCUT2D eigenvalue weighted by molar-refractivity contribution is 6.30. The molecule has 0 bridgehead atoms. The monoisotopic (exact) mass is 345 g/mol. The molecule has 1 aromatic heterocycles. The van der Waals surface area contributed by atoms with Crippen LogP contribution in [-0.2, 0) is 0 Å². The van der Waals surface area contributed by atoms with Crippen molar-refractivity contribution in [1.29, 1.82) is 0 Å². The fourth-order valence-electron chi connectivity index (χ4n) is 2.03. The highest BCUT2D eigenvalue weighted by Gasteiger charge is 2.13. The van der Waals surface area contributed by atoms with Crippen molar-refractivity contribution in [2.45, 2.75) is 0 Å². The van der Waals surface area contributed by atoms with Gasteiger partial charge in [0.1, 0.15) is 11.6 Å². The fourth-order valence-corrected chi connectivity index (χ4v) is 2.16. The molecule has 0 spiro atoms. The molecule has 3 N–H and O–H groups in total. The number of ether oxygens (including phenoxy) is 1. The van der Waals surface area contributed by atoms with E-state index in [0.717, 1.165) is 0 Å². The number of anilines is 3. The van der Waals surface area contributed by atoms with Crippen LogP contribution >= 0.6 is 11.6 Å². The Morgan fingerprint density at radius 2 is 1.83 bits per heavy atom. The first kappa shape index (κ1) is 15.9. The van der Waals surface area contributed by atoms with Gasteiger partial charge in [0.15, 0.2) is 5.82 Å². The third-order valence-electron chi connectivity index (χ3n) is 3.17. The quantitative estimate of drug-likeness (QED) is 0.750. The highest BCUT2D eigenvalue weighted by Crippen LogP contribution is 2.26. The number of aromatic nitrogens is 3. The van der Waals surface area contributed by atoms with Crippen molar-refractivity contribution in [1.82, 2.24) is 15.0 Å². The predicted molar refractivity (Wildman–Crippen MR) is 90.9 cm³/mol. The average molecular weight is 346 g/mol. The Bertz CT molecular complexity index is 873. The van der Waals surface area contributed by atoms with Crippen molar-refractivity contribution in [2.24, 2.45) is 0 Å². The molecule has 122 valence electrons. The van der Waals surface area contributed by atoms with Gasteiger partial charge in [-0.3, -0.25) is 0 Å². The van der Waals surface area contributed by atoms with Gasteiger partial charge in [0.05, 0.1) is 12.7 Å². The van der Waals surface area contributed by atoms with Crippen LogP contribution in [0.25, 0.3) is 11.4 Å². The van der Waals surface area contributed by atoms with E-state index in [2.05, 4.69) is 20.3 Å². The SMILES string of the molecule is COc1ccc(F)c(-c2nc(N)nc(Nc3ccc(Cl)cc3)n2)c1. The van der Waals surface area contributed by atoms with Gasteiger partial charge in [-0.25, -0.2) is 4.39 Å². The van der Waals surface area contributed by atoms with E-state index in [4.69, 9.17) is 22.1 Å². The molecule has 0 saturated heterocycles. The second kappa shape index (κ2) is 6.67. The molecule has 0 unspecified atom stereocenters. The van der Waals surface area contributed by atoms with Gasteiger partial charge in [-0.05, 0) is 42.5 Å². The van der Waals surface area contributed by atoms with E-state index >= 15 is 0 Å². The van der Waals surface area contributed by atoms with Gasteiger partial charge >= 0.3 is 0 Å². The van der Waals surface area contributed by atoms with Gasteiger partial charge in [0.25, 0.3) is 0 Å². The smallest absolute Gasteiger partial charge is 0.232 e. The van der Waals surface area contributed by atoms with Crippen LogP contribution in [0.4, 0.5) is 22.0 Å². The largest absolute Gasteiger partial charge is 0.497 e. The lowest BCUT2D eigenvalue weighted by Gasteiger charge is -2.09. The summed E-state index contributed by atoms with van der Waals surface area (Å²) in [7, 11) is 1.49. The van der Waals surface area contributed by atoms with Crippen LogP contribution in [0.5, 0.6) is 5.75 Å². The molecule has 0 fully saturated rings. The van der Waals surface area contributed by atoms with Crippen LogP contribution in [0, 0.1) is 5.82 Å². The van der Waals surface area contributed by atoms with E-state index in [1.54, 1.807) is 24.3 Å². The maximum atomic E-state index is 14.1. The molecular weight excluding hydrogens is 333 g/mol. The Hall–Kier alpha value is -2.93. The van der Waals surface area contributed by atoms with Crippen LogP contribution in [0.3, 0.4) is 0 Å². The predicted octanol–water partition coefficient (Wildman–Crippen LogP) is 3.67. The molecule has 6 nitrogen and oxygen atoms in total. The third-order valence-corrected chi connectivity index (χ3v) is 3.42. The number of nitrogen functional groups attached to an aromatic ring is 1. The lowest BCUT2D eigenvalue weighted by atomic mass is 10.2. The summed E-state index contributed by atoms with van der Waals surface area (Å²) < 4.78 is 19.2. The molecule has 1 heterocycles. The molecule has 3 rings (SSSR count). The molecule has 0 saturated carbocycles. The van der Waals surface area contributed by atoms with Gasteiger partial charge in [0.2, 0.25) is 11.9 Å². The number of methoxy groups -OCH3 is 1. The molecule has 3 aromatic rings. The summed E-state index contributed by atoms with van der Waals surface area (Å²) in [6.45, 7) is 0. The maximum absolute atomic E-state index is 14.1. The number of halogens is 2. The van der Waals surface area contributed by atoms with Crippen LogP contribution < -0.4 is 15.8 Å². The number of nitrogens with one attached hydrogen (secondary N) is 1. The molecule has 0 radical (unpaired) electrons. The standard InChI is InChI=1S/C16H13ClFN5O/c1-24-11-6-7-13(18)12(8-11)14-21-15(19)23-16(22-14)20-10-4-2-9(17)3-5-10/h2-8H,1H3,(H3,19,20,21,22,23). The van der Waals surface area contributed by atoms with Crippen molar-refractivity contribution >= 4 is 29.2 Å². The zero-order valence-corrected chi connectivity index (χ0v) is 13.4. The zero-order chi connectivity index (χ0) is 17.1. The Kier molecular flexibility index (Phi) is 4.43. The molecule has 0 aliphatic carbocycles. The van der Waals surface area contributed by atoms with E-state index < -0.39 is 5.82 Å². The van der Waals surface area contributed by atoms with E-state index in [0.29, 0.717) is 16.5 Å². The van der Waals surface area contributed by atoms with Gasteiger partial charge in [-0.15, -0.1) is 0 Å². The van der Waals surface area contributed by atoms with Crippen molar-refractivity contribution in [3.63, 3.8) is 0 Å². The average Bonchev–Trinajstić information content (AvgIpc) is 2.57. The summed E-state index contributed by atoms with van der Waals surface area (Å²) >= 11 is 5.85. The topological polar surface area (TPSA) is 86.0 Å². The first-order valence-corrected chi connectivity index (χ1v) is 7.31. The molecule has 0 aliphatic rings. The van der Waals surface area contributed by atoms with Crippen molar-refractivity contribution in [3.05, 3.63) is 53.3 Å². The van der Waals surface area contributed by atoms with E-state index in [1.165, 1.54) is 25.3 Å². The molecular formula is C16H13ClFN5O. The zero-order valence-electron chi connectivity index (χ0n) is 12.6. The second-order valence-corrected chi connectivity index (χ2v) is 5.25. The summed E-state index contributed by atoms with van der Waals surface area (Å²) in [5.74, 6) is 0.271. The van der Waals surface area contributed by atoms with E-state index in [-0.39, 0.29) is 23.3 Å². The first-order valence-electron chi connectivity index (χ1n) is 6.93. The summed E-state index contributed by atoms with van der Waals surface area (Å²) in [6, 6.07) is 11.2. The molecule has 24 heavy (non-hydrogen) atoms. The van der Waals surface area contributed by atoms with Crippen LogP contribution in [-0.4, -0.2) is 22.1 Å². The second-order valence-electron chi connectivity index (χ2n) is 4.82. The Balaban J connectivity index is 1.98. The van der Waals surface area contributed by atoms with Gasteiger partial charge in [-0.2, -0.15) is 15.0 Å². The molecule has 0 atom stereocenters. The number of hydrogen-bond donors (Lipinski definition) is 2. The van der Waals surface area contributed by atoms with Gasteiger partial charge in [0, 0.05) is 10.7 Å². The number of nitrogens with two attached hydrogens (primary N) is 1. The van der Waals surface area contributed by atoms with E-state index in [9.17, 15) is 4.39 Å². The van der Waals surface area contributed by atoms with E-state index in [1.807, 2.05) is 0 Å². The normalized spacial score (nSPS) is 10.5. The van der Waals surface area contributed by atoms with Gasteiger partial charge in [-0.1, -0.05) is 11.6 Å². The minimum absolute atomic E-state index is 0.0290. The molecule has 8 heteroatoms. The Morgan fingerprint density at radius 1 is 1.08 bits per heavy atom. The van der Waals surface area contributed by atoms with Crippen molar-refractivity contribution < 1.29 is 9.13 Å². The van der Waals surface area contributed by atoms with Crippen molar-refractivity contribution in [2.75, 3.05) is 18.2 Å². The first-order chi connectivity index (χ1) is 11.5. The number of rotatable bonds is 4. The minimum atomic E-state index is -0.487. The van der Waals surface area contributed by atoms with Crippen LogP contribution in [0.15, 0.2) is 42.5 Å². The summed E-state index contributed by atoms with van der Waals surface area (Å²) in [4.78, 5) is 12.2. The fraction of sp³-hybridized carbons (Fsp3) is 0.0625. The highest BCUT2D eigenvalue weighted by atomic mass is 35.5. The number of hydrogen-bond acceptors (Lipinski definition) is 6. The summed E-state index contributed by atoms with van der Waals surface area (Å²) in [5, 5.41) is 3.58. The summed E-state index contributed by atoms with van der Waals surface area (Å²) in [5.41, 5.74) is 6.60. The minimum Gasteiger partial charge on any atom is -0.497 e. The van der Waals surface area contributed by atoms with Crippen LogP contribution in [0.1, 0.15) is 0 Å². The Labute approximate surface area is 142 Å². The molecule has 0 amide bonds. The number of nitrogens with zero attached hydrogens (tertiary/aromatic N) is 3. The third kappa shape index (κ3) is 3.52. The molecule has 2 aromatic carbocycles. The van der Waals surface area contributed by atoms with Crippen LogP contribution in [0.2, 0.25) is 5.02 Å². The number of benzene rings is 2. The lowest BCUT2D eigenvalue weighted by Crippen LogP contribution is -2.05.